The lowest BCUT2D eigenvalue weighted by atomic mass is 9.95. The summed E-state index contributed by atoms with van der Waals surface area (Å²) in [6, 6.07) is -1.05. The predicted molar refractivity (Wildman–Crippen MR) is 78.0 cm³/mol. The summed E-state index contributed by atoms with van der Waals surface area (Å²) < 4.78 is 5.36. The van der Waals surface area contributed by atoms with Gasteiger partial charge < -0.3 is 35.5 Å². The van der Waals surface area contributed by atoms with Gasteiger partial charge in [0.2, 0.25) is 11.8 Å². The van der Waals surface area contributed by atoms with Gasteiger partial charge in [0.1, 0.15) is 30.1 Å². The molecule has 5 atom stereocenters. The van der Waals surface area contributed by atoms with Crippen molar-refractivity contribution in [3.05, 3.63) is 0 Å². The van der Waals surface area contributed by atoms with E-state index in [2.05, 4.69) is 10.6 Å². The fraction of sp³-hybridized carbons (Fsp3) is 0.786. The Morgan fingerprint density at radius 1 is 1.04 bits per heavy atom. The maximum absolute atomic E-state index is 11.9. The summed E-state index contributed by atoms with van der Waals surface area (Å²) in [7, 11) is 0. The molecule has 2 amide bonds. The molecule has 23 heavy (non-hydrogen) atoms. The Hall–Kier alpha value is -1.55. The molecule has 0 aliphatic carbocycles. The lowest BCUT2D eigenvalue weighted by Gasteiger charge is -2.42. The fourth-order valence-electron chi connectivity index (χ4n) is 2.36. The van der Waals surface area contributed by atoms with Crippen LogP contribution in [0, 0.1) is 0 Å². The number of Topliss-reactive ketones (excluding diaryl/α,β-unsaturated/α-hetero) is 1. The molecular formula is C14H24N2O7. The van der Waals surface area contributed by atoms with E-state index in [0.717, 1.165) is 0 Å². The van der Waals surface area contributed by atoms with Gasteiger partial charge in [0, 0.05) is 19.8 Å². The van der Waals surface area contributed by atoms with E-state index in [9.17, 15) is 24.6 Å². The van der Waals surface area contributed by atoms with Crippen molar-refractivity contribution in [1.82, 2.24) is 10.6 Å². The van der Waals surface area contributed by atoms with Crippen LogP contribution in [-0.2, 0) is 19.1 Å². The molecule has 0 radical (unpaired) electrons. The van der Waals surface area contributed by atoms with Gasteiger partial charge in [0.05, 0.1) is 6.61 Å². The number of aliphatic hydroxyl groups is 3. The van der Waals surface area contributed by atoms with Crippen LogP contribution in [0.15, 0.2) is 0 Å². The number of ether oxygens (including phenoxy) is 1. The third-order valence-electron chi connectivity index (χ3n) is 3.53. The van der Waals surface area contributed by atoms with Gasteiger partial charge in [-0.15, -0.1) is 0 Å². The highest BCUT2D eigenvalue weighted by Gasteiger charge is 2.45. The van der Waals surface area contributed by atoms with E-state index < -0.39 is 49.0 Å². The second-order valence-electron chi connectivity index (χ2n) is 5.61. The Labute approximate surface area is 134 Å². The quantitative estimate of drug-likeness (QED) is 0.356. The molecular weight excluding hydrogens is 308 g/mol. The van der Waals surface area contributed by atoms with Crippen molar-refractivity contribution in [1.29, 1.82) is 0 Å². The van der Waals surface area contributed by atoms with Gasteiger partial charge in [-0.05, 0) is 13.3 Å². The normalized spacial score (nSPS) is 30.6. The van der Waals surface area contributed by atoms with Gasteiger partial charge in [-0.2, -0.15) is 0 Å². The van der Waals surface area contributed by atoms with E-state index in [1.807, 2.05) is 0 Å². The van der Waals surface area contributed by atoms with Crippen molar-refractivity contribution in [3.63, 3.8) is 0 Å². The molecule has 1 aliphatic heterocycles. The summed E-state index contributed by atoms with van der Waals surface area (Å²) in [6.07, 6.45) is -4.27. The number of amides is 2. The summed E-state index contributed by atoms with van der Waals surface area (Å²) in [5.74, 6) is -0.920. The van der Waals surface area contributed by atoms with Crippen LogP contribution in [0.25, 0.3) is 0 Å². The molecule has 9 nitrogen and oxygen atoms in total. The summed E-state index contributed by atoms with van der Waals surface area (Å²) in [5.41, 5.74) is 0. The molecule has 0 aromatic carbocycles. The summed E-state index contributed by atoms with van der Waals surface area (Å²) in [5, 5.41) is 34.0. The van der Waals surface area contributed by atoms with E-state index in [1.165, 1.54) is 13.8 Å². The third-order valence-corrected chi connectivity index (χ3v) is 3.53. The molecule has 0 aromatic heterocycles. The van der Waals surface area contributed by atoms with Crippen LogP contribution in [0.1, 0.15) is 33.1 Å². The number of carbonyl (C=O) groups is 3. The van der Waals surface area contributed by atoms with E-state index >= 15 is 0 Å². The number of hydrogen-bond donors (Lipinski definition) is 5. The number of rotatable bonds is 7. The second-order valence-corrected chi connectivity index (χ2v) is 5.61. The Kier molecular flexibility index (Phi) is 7.56. The smallest absolute Gasteiger partial charge is 0.222 e. The minimum absolute atomic E-state index is 0.0262. The zero-order valence-electron chi connectivity index (χ0n) is 13.2. The van der Waals surface area contributed by atoms with Crippen LogP contribution < -0.4 is 10.6 Å². The minimum atomic E-state index is -1.41. The average Bonchev–Trinajstić information content (AvgIpc) is 2.46. The minimum Gasteiger partial charge on any atom is -0.394 e. The zero-order valence-corrected chi connectivity index (χ0v) is 13.2. The maximum Gasteiger partial charge on any atom is 0.222 e. The number of nitrogens with one attached hydrogen (secondary N) is 2. The molecule has 0 spiro atoms. The molecule has 0 saturated carbocycles. The Morgan fingerprint density at radius 3 is 2.22 bits per heavy atom. The van der Waals surface area contributed by atoms with Crippen LogP contribution in [0.5, 0.6) is 0 Å². The Morgan fingerprint density at radius 2 is 1.70 bits per heavy atom. The summed E-state index contributed by atoms with van der Waals surface area (Å²) in [4.78, 5) is 34.0. The standard InChI is InChI=1S/C14H24N2O7/c1-7(18)4-3-5-10(20)16-14-11(15-8(2)19)13(22)12(21)9(6-17)23-14/h9,11-14,17,21-22H,3-6H2,1-2H3,(H,15,19)(H,16,20). The van der Waals surface area contributed by atoms with Crippen molar-refractivity contribution < 1.29 is 34.4 Å². The molecule has 9 heteroatoms. The predicted octanol–water partition coefficient (Wildman–Crippen LogP) is -2.19. The highest BCUT2D eigenvalue weighted by atomic mass is 16.5. The first-order valence-electron chi connectivity index (χ1n) is 7.44. The van der Waals surface area contributed by atoms with Crippen molar-refractivity contribution in [2.24, 2.45) is 0 Å². The average molecular weight is 332 g/mol. The summed E-state index contributed by atoms with van der Waals surface area (Å²) in [6.45, 7) is 2.10. The third kappa shape index (κ3) is 5.87. The number of carbonyl (C=O) groups excluding carboxylic acids is 3. The molecule has 1 heterocycles. The number of aliphatic hydroxyl groups excluding tert-OH is 3. The van der Waals surface area contributed by atoms with E-state index in [0.29, 0.717) is 6.42 Å². The van der Waals surface area contributed by atoms with E-state index in [1.54, 1.807) is 0 Å². The van der Waals surface area contributed by atoms with Gasteiger partial charge in [-0.25, -0.2) is 0 Å². The molecule has 1 saturated heterocycles. The van der Waals surface area contributed by atoms with Crippen molar-refractivity contribution in [2.75, 3.05) is 6.61 Å². The molecule has 1 aliphatic rings. The van der Waals surface area contributed by atoms with Crippen LogP contribution in [0.2, 0.25) is 0 Å². The fourth-order valence-corrected chi connectivity index (χ4v) is 2.36. The number of hydrogen-bond acceptors (Lipinski definition) is 7. The van der Waals surface area contributed by atoms with E-state index in [-0.39, 0.29) is 18.6 Å². The van der Waals surface area contributed by atoms with E-state index in [4.69, 9.17) is 9.84 Å². The topological polar surface area (TPSA) is 145 Å². The highest BCUT2D eigenvalue weighted by molar-refractivity contribution is 5.79. The Bertz CT molecular complexity index is 443. The van der Waals surface area contributed by atoms with Gasteiger partial charge >= 0.3 is 0 Å². The van der Waals surface area contributed by atoms with Crippen LogP contribution in [-0.4, -0.2) is 70.1 Å². The van der Waals surface area contributed by atoms with Gasteiger partial charge in [0.15, 0.2) is 6.23 Å². The first kappa shape index (κ1) is 19.5. The molecule has 1 fully saturated rings. The van der Waals surface area contributed by atoms with Crippen LogP contribution in [0.4, 0.5) is 0 Å². The largest absolute Gasteiger partial charge is 0.394 e. The van der Waals surface area contributed by atoms with Gasteiger partial charge in [-0.1, -0.05) is 0 Å². The maximum atomic E-state index is 11.9. The molecule has 5 N–H and O–H groups in total. The molecule has 0 bridgehead atoms. The Balaban J connectivity index is 2.71. The van der Waals surface area contributed by atoms with Crippen molar-refractivity contribution >= 4 is 17.6 Å². The lowest BCUT2D eigenvalue weighted by molar-refractivity contribution is -0.203. The molecule has 1 rings (SSSR count). The molecule has 5 unspecified atom stereocenters. The van der Waals surface area contributed by atoms with Gasteiger partial charge in [-0.3, -0.25) is 9.59 Å². The second kappa shape index (κ2) is 8.92. The highest BCUT2D eigenvalue weighted by Crippen LogP contribution is 2.20. The monoisotopic (exact) mass is 332 g/mol. The lowest BCUT2D eigenvalue weighted by Crippen LogP contribution is -2.68. The molecule has 0 aromatic rings. The van der Waals surface area contributed by atoms with Crippen molar-refractivity contribution in [2.45, 2.75) is 63.7 Å². The SMILES string of the molecule is CC(=O)CCCC(=O)NC1OC(CO)C(O)C(O)C1NC(C)=O. The zero-order chi connectivity index (χ0) is 17.6. The van der Waals surface area contributed by atoms with Crippen LogP contribution >= 0.6 is 0 Å². The van der Waals surface area contributed by atoms with Gasteiger partial charge in [0.25, 0.3) is 0 Å². The van der Waals surface area contributed by atoms with Crippen LogP contribution in [0.3, 0.4) is 0 Å². The number of ketones is 1. The summed E-state index contributed by atoms with van der Waals surface area (Å²) >= 11 is 0. The first-order chi connectivity index (χ1) is 10.8. The molecule has 132 valence electrons. The first-order valence-corrected chi connectivity index (χ1v) is 7.44. The van der Waals surface area contributed by atoms with Crippen molar-refractivity contribution in [3.8, 4) is 0 Å².